The van der Waals surface area contributed by atoms with Gasteiger partial charge in [0.05, 0.1) is 18.2 Å². The molecule has 1 aromatic carbocycles. The molecule has 3 nitrogen and oxygen atoms in total. The average molecular weight is 242 g/mol. The minimum absolute atomic E-state index is 0.154. The Morgan fingerprint density at radius 1 is 1.11 bits per heavy atom. The molecule has 0 saturated carbocycles. The van der Waals surface area contributed by atoms with Crippen LogP contribution in [-0.4, -0.2) is 30.3 Å². The third kappa shape index (κ3) is 3.41. The van der Waals surface area contributed by atoms with Gasteiger partial charge in [-0.3, -0.25) is 9.69 Å². The summed E-state index contributed by atoms with van der Waals surface area (Å²) >= 11 is 0. The van der Waals surface area contributed by atoms with E-state index < -0.39 is 0 Å². The van der Waals surface area contributed by atoms with Crippen molar-refractivity contribution in [2.75, 3.05) is 19.6 Å². The summed E-state index contributed by atoms with van der Waals surface area (Å²) in [5, 5.41) is 8.72. The molecule has 0 N–H and O–H groups in total. The number of nitriles is 1. The molecule has 18 heavy (non-hydrogen) atoms. The first-order valence-corrected chi connectivity index (χ1v) is 6.55. The number of hydrogen-bond donors (Lipinski definition) is 0. The van der Waals surface area contributed by atoms with Crippen molar-refractivity contribution in [3.63, 3.8) is 0 Å². The van der Waals surface area contributed by atoms with Crippen molar-refractivity contribution in [2.45, 2.75) is 25.7 Å². The molecule has 1 fully saturated rings. The van der Waals surface area contributed by atoms with Crippen LogP contribution in [0.3, 0.4) is 0 Å². The van der Waals surface area contributed by atoms with Gasteiger partial charge < -0.3 is 0 Å². The van der Waals surface area contributed by atoms with Gasteiger partial charge in [0.1, 0.15) is 0 Å². The van der Waals surface area contributed by atoms with Gasteiger partial charge in [-0.2, -0.15) is 5.26 Å². The number of carbonyl (C=O) groups is 1. The van der Waals surface area contributed by atoms with Gasteiger partial charge in [-0.05, 0) is 38.1 Å². The molecule has 0 aromatic heterocycles. The molecule has 0 spiro atoms. The molecule has 1 saturated heterocycles. The highest BCUT2D eigenvalue weighted by atomic mass is 16.1. The molecule has 1 heterocycles. The Morgan fingerprint density at radius 3 is 2.28 bits per heavy atom. The second-order valence-corrected chi connectivity index (χ2v) is 4.80. The number of likely N-dealkylation sites (tertiary alicyclic amines) is 1. The smallest absolute Gasteiger partial charge is 0.176 e. The second-order valence-electron chi connectivity index (χ2n) is 4.80. The summed E-state index contributed by atoms with van der Waals surface area (Å²) < 4.78 is 0. The minimum atomic E-state index is 0.154. The van der Waals surface area contributed by atoms with Gasteiger partial charge in [-0.1, -0.05) is 25.0 Å². The van der Waals surface area contributed by atoms with Crippen LogP contribution >= 0.6 is 0 Å². The van der Waals surface area contributed by atoms with Crippen molar-refractivity contribution < 1.29 is 4.79 Å². The average Bonchev–Trinajstić information content (AvgIpc) is 2.67. The number of rotatable bonds is 3. The number of benzene rings is 1. The first-order chi connectivity index (χ1) is 8.79. The first-order valence-electron chi connectivity index (χ1n) is 6.55. The van der Waals surface area contributed by atoms with E-state index in [1.165, 1.54) is 25.7 Å². The van der Waals surface area contributed by atoms with Gasteiger partial charge in [-0.25, -0.2) is 0 Å². The van der Waals surface area contributed by atoms with Crippen molar-refractivity contribution in [3.8, 4) is 6.07 Å². The molecule has 3 heteroatoms. The number of carbonyl (C=O) groups excluding carboxylic acids is 1. The molecule has 0 unspecified atom stereocenters. The van der Waals surface area contributed by atoms with E-state index in [1.807, 2.05) is 0 Å². The molecule has 0 atom stereocenters. The van der Waals surface area contributed by atoms with Gasteiger partial charge in [0.2, 0.25) is 0 Å². The Kier molecular flexibility index (Phi) is 4.49. The van der Waals surface area contributed by atoms with Gasteiger partial charge in [0, 0.05) is 5.56 Å². The Morgan fingerprint density at radius 2 is 1.72 bits per heavy atom. The van der Waals surface area contributed by atoms with E-state index in [0.29, 0.717) is 17.7 Å². The van der Waals surface area contributed by atoms with E-state index in [1.54, 1.807) is 24.3 Å². The maximum absolute atomic E-state index is 12.1. The van der Waals surface area contributed by atoms with Crippen LogP contribution in [0.15, 0.2) is 24.3 Å². The van der Waals surface area contributed by atoms with Crippen LogP contribution < -0.4 is 0 Å². The van der Waals surface area contributed by atoms with Crippen molar-refractivity contribution in [1.82, 2.24) is 4.90 Å². The second kappa shape index (κ2) is 6.32. The third-order valence-corrected chi connectivity index (χ3v) is 3.40. The summed E-state index contributed by atoms with van der Waals surface area (Å²) in [6.45, 7) is 2.57. The maximum Gasteiger partial charge on any atom is 0.176 e. The summed E-state index contributed by atoms with van der Waals surface area (Å²) in [5.74, 6) is 0.154. The summed E-state index contributed by atoms with van der Waals surface area (Å²) in [7, 11) is 0. The van der Waals surface area contributed by atoms with E-state index in [2.05, 4.69) is 11.0 Å². The molecule has 0 radical (unpaired) electrons. The zero-order valence-electron chi connectivity index (χ0n) is 10.6. The Hall–Kier alpha value is -1.66. The monoisotopic (exact) mass is 242 g/mol. The van der Waals surface area contributed by atoms with Crippen molar-refractivity contribution >= 4 is 5.78 Å². The molecule has 0 amide bonds. The SMILES string of the molecule is N#Cc1ccc(C(=O)CN2CCCCCC2)cc1. The highest BCUT2D eigenvalue weighted by molar-refractivity contribution is 5.97. The highest BCUT2D eigenvalue weighted by Gasteiger charge is 2.14. The topological polar surface area (TPSA) is 44.1 Å². The third-order valence-electron chi connectivity index (χ3n) is 3.40. The van der Waals surface area contributed by atoms with Crippen molar-refractivity contribution in [3.05, 3.63) is 35.4 Å². The fourth-order valence-corrected chi connectivity index (χ4v) is 2.32. The van der Waals surface area contributed by atoms with Gasteiger partial charge in [0.15, 0.2) is 5.78 Å². The van der Waals surface area contributed by atoms with Crippen molar-refractivity contribution in [2.24, 2.45) is 0 Å². The van der Waals surface area contributed by atoms with Crippen molar-refractivity contribution in [1.29, 1.82) is 5.26 Å². The molecule has 1 aliphatic heterocycles. The molecule has 1 aliphatic rings. The lowest BCUT2D eigenvalue weighted by molar-refractivity contribution is 0.0933. The molecule has 94 valence electrons. The van der Waals surface area contributed by atoms with Crippen LogP contribution in [-0.2, 0) is 0 Å². The van der Waals surface area contributed by atoms with E-state index in [4.69, 9.17) is 5.26 Å². The fourth-order valence-electron chi connectivity index (χ4n) is 2.32. The van der Waals surface area contributed by atoms with E-state index in [0.717, 1.165) is 13.1 Å². The van der Waals surface area contributed by atoms with Gasteiger partial charge in [-0.15, -0.1) is 0 Å². The first kappa shape index (κ1) is 12.8. The number of hydrogen-bond acceptors (Lipinski definition) is 3. The number of nitrogens with zero attached hydrogens (tertiary/aromatic N) is 2. The maximum atomic E-state index is 12.1. The number of Topliss-reactive ketones (excluding diaryl/α,β-unsaturated/α-hetero) is 1. The lowest BCUT2D eigenvalue weighted by Gasteiger charge is -2.18. The molecule has 0 bridgehead atoms. The van der Waals surface area contributed by atoms with E-state index in [-0.39, 0.29) is 5.78 Å². The van der Waals surface area contributed by atoms with Crippen LogP contribution in [0.5, 0.6) is 0 Å². The molecule has 1 aromatic rings. The normalized spacial score (nSPS) is 16.8. The fraction of sp³-hybridized carbons (Fsp3) is 0.467. The van der Waals surface area contributed by atoms with E-state index in [9.17, 15) is 4.79 Å². The predicted molar refractivity (Wildman–Crippen MR) is 70.4 cm³/mol. The van der Waals surface area contributed by atoms with Crippen LogP contribution in [0.2, 0.25) is 0 Å². The largest absolute Gasteiger partial charge is 0.296 e. The number of ketones is 1. The lowest BCUT2D eigenvalue weighted by atomic mass is 10.1. The van der Waals surface area contributed by atoms with Crippen LogP contribution in [0.1, 0.15) is 41.6 Å². The summed E-state index contributed by atoms with van der Waals surface area (Å²) in [6.07, 6.45) is 4.95. The standard InChI is InChI=1S/C15H18N2O/c16-11-13-5-7-14(8-6-13)15(18)12-17-9-3-1-2-4-10-17/h5-8H,1-4,9-10,12H2. The Labute approximate surface area is 108 Å². The Balaban J connectivity index is 1.95. The van der Waals surface area contributed by atoms with Crippen LogP contribution in [0.25, 0.3) is 0 Å². The lowest BCUT2D eigenvalue weighted by Crippen LogP contribution is -2.30. The molecular weight excluding hydrogens is 224 g/mol. The minimum Gasteiger partial charge on any atom is -0.296 e. The predicted octanol–water partition coefficient (Wildman–Crippen LogP) is 2.62. The quantitative estimate of drug-likeness (QED) is 0.765. The molecular formula is C15H18N2O. The van der Waals surface area contributed by atoms with Crippen LogP contribution in [0, 0.1) is 11.3 Å². The zero-order chi connectivity index (χ0) is 12.8. The summed E-state index contributed by atoms with van der Waals surface area (Å²) in [6, 6.07) is 8.97. The summed E-state index contributed by atoms with van der Waals surface area (Å²) in [5.41, 5.74) is 1.31. The van der Waals surface area contributed by atoms with E-state index >= 15 is 0 Å². The van der Waals surface area contributed by atoms with Gasteiger partial charge in [0.25, 0.3) is 0 Å². The summed E-state index contributed by atoms with van der Waals surface area (Å²) in [4.78, 5) is 14.3. The van der Waals surface area contributed by atoms with Gasteiger partial charge >= 0.3 is 0 Å². The van der Waals surface area contributed by atoms with Crippen LogP contribution in [0.4, 0.5) is 0 Å². The Bertz CT molecular complexity index is 437. The zero-order valence-corrected chi connectivity index (χ0v) is 10.6. The highest BCUT2D eigenvalue weighted by Crippen LogP contribution is 2.11. The molecule has 0 aliphatic carbocycles. The molecule has 2 rings (SSSR count).